The number of rotatable bonds is 2. The molecule has 55 heavy (non-hydrogen) atoms. The van der Waals surface area contributed by atoms with E-state index >= 15 is 0 Å². The maximum absolute atomic E-state index is 14.0. The maximum atomic E-state index is 14.0. The molecule has 11 aliphatic rings. The average Bonchev–Trinajstić information content (AvgIpc) is 3.74. The first-order valence-electron chi connectivity index (χ1n) is 21.3. The summed E-state index contributed by atoms with van der Waals surface area (Å²) >= 11 is 0. The van der Waals surface area contributed by atoms with E-state index in [-0.39, 0.29) is 98.0 Å². The summed E-state index contributed by atoms with van der Waals surface area (Å²) in [5.74, 6) is -1.18. The third-order valence-corrected chi connectivity index (χ3v) is 14.8. The van der Waals surface area contributed by atoms with E-state index in [4.69, 9.17) is 47.4 Å². The van der Waals surface area contributed by atoms with Gasteiger partial charge in [-0.1, -0.05) is 27.0 Å². The molecule has 11 heterocycles. The Balaban J connectivity index is 0.934. The largest absolute Gasteiger partial charge is 0.459 e. The molecule has 16 unspecified atom stereocenters. The minimum atomic E-state index is -0.808. The Morgan fingerprint density at radius 1 is 0.673 bits per heavy atom. The fourth-order valence-electron chi connectivity index (χ4n) is 11.9. The molecule has 11 fully saturated rings. The molecule has 0 aromatic rings. The van der Waals surface area contributed by atoms with Crippen LogP contribution in [0.3, 0.4) is 0 Å². The van der Waals surface area contributed by atoms with E-state index in [1.807, 2.05) is 6.92 Å². The quantitative estimate of drug-likeness (QED) is 0.312. The van der Waals surface area contributed by atoms with E-state index in [1.54, 1.807) is 0 Å². The zero-order valence-electron chi connectivity index (χ0n) is 32.2. The van der Waals surface area contributed by atoms with Gasteiger partial charge in [0, 0.05) is 38.2 Å². The van der Waals surface area contributed by atoms with Crippen molar-refractivity contribution in [2.75, 3.05) is 6.61 Å². The lowest BCUT2D eigenvalue weighted by Crippen LogP contribution is -2.62. The predicted molar refractivity (Wildman–Crippen MR) is 193 cm³/mol. The van der Waals surface area contributed by atoms with E-state index in [2.05, 4.69) is 20.1 Å². The summed E-state index contributed by atoms with van der Waals surface area (Å²) in [6, 6.07) is 0. The molecule has 0 aromatic carbocycles. The van der Waals surface area contributed by atoms with Crippen LogP contribution in [0.4, 0.5) is 0 Å². The summed E-state index contributed by atoms with van der Waals surface area (Å²) in [5.41, 5.74) is 2.14. The van der Waals surface area contributed by atoms with Crippen molar-refractivity contribution in [1.82, 2.24) is 0 Å². The molecule has 11 aliphatic heterocycles. The lowest BCUT2D eigenvalue weighted by Gasteiger charge is -2.51. The number of hydrogen-bond acceptors (Lipinski definition) is 13. The standard InChI is InChI=1S/C42H60O13/c1-19-13-23-5-7-27-20(2)14-25(46-27)9-11-42-18-33-38(54-42)39-40(52-33)41(55-42)37-29(51-39)8-6-24(48-37)15-34(45)53-36-22(4)35-31(16-26(44)28(50-35)10-12-43)49-32(36)17-30(47-23)21(19)3/h19,22-33,35-41,43-44H,2-3,5-18H2,1,4H3/t19?,22-,23?,24?,25?,26?,27?,28?,29?,30?,31?,32+,33?,35?,36?,37?,38-,39-,40?,41?,42-/m0/s1. The molecule has 1 spiro atoms. The Bertz CT molecular complexity index is 1490. The molecule has 13 heteroatoms. The summed E-state index contributed by atoms with van der Waals surface area (Å²) in [6.07, 6.45) is 2.38. The van der Waals surface area contributed by atoms with Crippen molar-refractivity contribution in [2.24, 2.45) is 11.8 Å². The first-order chi connectivity index (χ1) is 26.5. The second-order valence-corrected chi connectivity index (χ2v) is 18.5. The first-order valence-corrected chi connectivity index (χ1v) is 21.3. The predicted octanol–water partition coefficient (Wildman–Crippen LogP) is 3.59. The zero-order chi connectivity index (χ0) is 37.7. The zero-order valence-corrected chi connectivity index (χ0v) is 32.2. The van der Waals surface area contributed by atoms with Gasteiger partial charge in [0.25, 0.3) is 0 Å². The van der Waals surface area contributed by atoms with Crippen LogP contribution in [-0.4, -0.2) is 138 Å². The Hall–Kier alpha value is -1.49. The van der Waals surface area contributed by atoms with Crippen molar-refractivity contribution in [2.45, 2.75) is 213 Å². The van der Waals surface area contributed by atoms with Crippen LogP contribution in [0, 0.1) is 11.8 Å². The highest BCUT2D eigenvalue weighted by Gasteiger charge is 2.69. The molecule has 0 aromatic heterocycles. The van der Waals surface area contributed by atoms with E-state index in [1.165, 1.54) is 0 Å². The highest BCUT2D eigenvalue weighted by atomic mass is 16.8. The van der Waals surface area contributed by atoms with Crippen molar-refractivity contribution < 1.29 is 62.4 Å². The Morgan fingerprint density at radius 2 is 1.42 bits per heavy atom. The number of esters is 1. The second-order valence-electron chi connectivity index (χ2n) is 18.5. The van der Waals surface area contributed by atoms with Crippen LogP contribution >= 0.6 is 0 Å². The van der Waals surface area contributed by atoms with Gasteiger partial charge in [-0.05, 0) is 68.4 Å². The SMILES string of the molecule is C=C1CC2CC[C@@]34CC5OC6C(O3)C3OC(CCC3O[C@H]6[C@H]5O4)CC(=O)OC3[C@@H](C)C4OC(CCO)C(O)CC4O[C@@H]3CC3OC(CCC1O2)CC(C)C3=C. The topological polar surface area (TPSA) is 150 Å². The molecule has 0 radical (unpaired) electrons. The van der Waals surface area contributed by atoms with Crippen molar-refractivity contribution in [3.8, 4) is 0 Å². The van der Waals surface area contributed by atoms with E-state index in [9.17, 15) is 15.0 Å². The van der Waals surface area contributed by atoms with Crippen molar-refractivity contribution in [1.29, 1.82) is 0 Å². The molecule has 13 nitrogen and oxygen atoms in total. The molecule has 306 valence electrons. The van der Waals surface area contributed by atoms with E-state index in [0.29, 0.717) is 38.5 Å². The van der Waals surface area contributed by atoms with Crippen molar-refractivity contribution in [3.63, 3.8) is 0 Å². The van der Waals surface area contributed by atoms with Crippen LogP contribution in [0.2, 0.25) is 0 Å². The molecular weight excluding hydrogens is 712 g/mol. The van der Waals surface area contributed by atoms with Gasteiger partial charge in [-0.3, -0.25) is 4.79 Å². The molecule has 21 atom stereocenters. The van der Waals surface area contributed by atoms with Gasteiger partial charge in [0.1, 0.15) is 36.6 Å². The van der Waals surface area contributed by atoms with Crippen molar-refractivity contribution >= 4 is 5.97 Å². The second kappa shape index (κ2) is 14.7. The van der Waals surface area contributed by atoms with Gasteiger partial charge >= 0.3 is 5.97 Å². The Labute approximate surface area is 323 Å². The van der Waals surface area contributed by atoms with Crippen LogP contribution in [0.15, 0.2) is 24.3 Å². The molecule has 0 saturated carbocycles. The smallest absolute Gasteiger partial charge is 0.308 e. The third-order valence-electron chi connectivity index (χ3n) is 14.8. The van der Waals surface area contributed by atoms with E-state index in [0.717, 1.165) is 49.7 Å². The minimum Gasteiger partial charge on any atom is -0.459 e. The third kappa shape index (κ3) is 6.79. The summed E-state index contributed by atoms with van der Waals surface area (Å²) in [5, 5.41) is 20.6. The number of hydrogen-bond donors (Lipinski definition) is 2. The highest BCUT2D eigenvalue weighted by molar-refractivity contribution is 5.70. The van der Waals surface area contributed by atoms with Gasteiger partial charge in [-0.25, -0.2) is 0 Å². The first kappa shape index (κ1) is 37.8. The number of carbonyl (C=O) groups excluding carboxylic acids is 1. The van der Waals surface area contributed by atoms with Gasteiger partial charge in [0.15, 0.2) is 5.79 Å². The summed E-state index contributed by atoms with van der Waals surface area (Å²) in [6.45, 7) is 13.1. The molecule has 2 N–H and O–H groups in total. The minimum absolute atomic E-state index is 0.00281. The molecule has 11 saturated heterocycles. The van der Waals surface area contributed by atoms with Gasteiger partial charge in [-0.15, -0.1) is 0 Å². The summed E-state index contributed by atoms with van der Waals surface area (Å²) < 4.78 is 66.9. The monoisotopic (exact) mass is 772 g/mol. The number of fused-ring (bicyclic) bond motifs is 7. The summed E-state index contributed by atoms with van der Waals surface area (Å²) in [7, 11) is 0. The molecule has 0 aliphatic carbocycles. The van der Waals surface area contributed by atoms with E-state index < -0.39 is 48.5 Å². The molecular formula is C42H60O13. The maximum Gasteiger partial charge on any atom is 0.308 e. The van der Waals surface area contributed by atoms with Crippen LogP contribution in [0.5, 0.6) is 0 Å². The van der Waals surface area contributed by atoms with Crippen LogP contribution in [0.25, 0.3) is 0 Å². The fourth-order valence-corrected chi connectivity index (χ4v) is 11.9. The van der Waals surface area contributed by atoms with Crippen LogP contribution < -0.4 is 0 Å². The number of aliphatic hydroxyl groups excluding tert-OH is 2. The Kier molecular flexibility index (Phi) is 10.1. The van der Waals surface area contributed by atoms with Crippen LogP contribution in [-0.2, 0) is 52.2 Å². The molecule has 12 bridgehead atoms. The van der Waals surface area contributed by atoms with Gasteiger partial charge in [0.2, 0.25) is 0 Å². The van der Waals surface area contributed by atoms with Gasteiger partial charge in [0.05, 0.1) is 79.7 Å². The van der Waals surface area contributed by atoms with Gasteiger partial charge < -0.3 is 57.6 Å². The summed E-state index contributed by atoms with van der Waals surface area (Å²) in [4.78, 5) is 14.0. The van der Waals surface area contributed by atoms with Gasteiger partial charge in [-0.2, -0.15) is 0 Å². The van der Waals surface area contributed by atoms with Crippen LogP contribution in [0.1, 0.15) is 97.3 Å². The lowest BCUT2D eigenvalue weighted by atomic mass is 9.79. The highest BCUT2D eigenvalue weighted by Crippen LogP contribution is 2.54. The number of aliphatic hydroxyl groups is 2. The number of ether oxygens (including phenoxy) is 10. The fraction of sp³-hybridized carbons (Fsp3) is 0.881. The lowest BCUT2D eigenvalue weighted by molar-refractivity contribution is -0.293. The molecule has 11 rings (SSSR count). The Morgan fingerprint density at radius 3 is 2.27 bits per heavy atom. The number of carbonyl (C=O) groups is 1. The average molecular weight is 773 g/mol. The van der Waals surface area contributed by atoms with Crippen molar-refractivity contribution in [3.05, 3.63) is 24.3 Å². The molecule has 0 amide bonds. The normalized spacial score (nSPS) is 54.9.